The van der Waals surface area contributed by atoms with E-state index in [1.807, 2.05) is 30.5 Å². The van der Waals surface area contributed by atoms with Gasteiger partial charge in [0.05, 0.1) is 17.6 Å². The highest BCUT2D eigenvalue weighted by atomic mass is 32.2. The Hall–Kier alpha value is -1.82. The molecule has 0 saturated carbocycles. The van der Waals surface area contributed by atoms with Gasteiger partial charge in [-0.15, -0.1) is 0 Å². The molecule has 6 heteroatoms. The van der Waals surface area contributed by atoms with Crippen molar-refractivity contribution in [2.24, 2.45) is 0 Å². The Morgan fingerprint density at radius 2 is 2.11 bits per heavy atom. The van der Waals surface area contributed by atoms with Gasteiger partial charge in [0.15, 0.2) is 5.16 Å². The smallest absolute Gasteiger partial charge is 0.313 e. The Morgan fingerprint density at radius 1 is 1.33 bits per heavy atom. The Balaban J connectivity index is 2.34. The number of rotatable bonds is 4. The highest BCUT2D eigenvalue weighted by molar-refractivity contribution is 7.99. The van der Waals surface area contributed by atoms with Crippen LogP contribution in [0.1, 0.15) is 11.4 Å². The van der Waals surface area contributed by atoms with Crippen molar-refractivity contribution in [1.29, 1.82) is 0 Å². The van der Waals surface area contributed by atoms with Crippen molar-refractivity contribution >= 4 is 17.7 Å². The lowest BCUT2D eigenvalue weighted by Crippen LogP contribution is -2.03. The number of aromatic nitrogens is 3. The van der Waals surface area contributed by atoms with E-state index in [1.165, 1.54) is 11.8 Å². The van der Waals surface area contributed by atoms with Gasteiger partial charge in [0.25, 0.3) is 0 Å². The topological polar surface area (TPSA) is 68.0 Å². The fourth-order valence-corrected chi connectivity index (χ4v) is 2.31. The van der Waals surface area contributed by atoms with Crippen molar-refractivity contribution in [2.45, 2.75) is 19.0 Å². The molecule has 0 bridgehead atoms. The van der Waals surface area contributed by atoms with Crippen LogP contribution in [0.4, 0.5) is 0 Å². The summed E-state index contributed by atoms with van der Waals surface area (Å²) in [6.07, 6.45) is 3.49. The van der Waals surface area contributed by atoms with Gasteiger partial charge in [-0.3, -0.25) is 14.3 Å². The standard InChI is InChI=1S/C12H13N3O2S/c1-8-3-4-10(6-13-8)15-9(2)5-14-12(15)18-7-11(16)17/h3-6H,7H2,1-2H3,(H,16,17). The highest BCUT2D eigenvalue weighted by Crippen LogP contribution is 2.22. The molecule has 0 radical (unpaired) electrons. The molecular weight excluding hydrogens is 250 g/mol. The number of nitrogens with zero attached hydrogens (tertiary/aromatic N) is 3. The number of aryl methyl sites for hydroxylation is 2. The van der Waals surface area contributed by atoms with Gasteiger partial charge in [-0.05, 0) is 26.0 Å². The minimum absolute atomic E-state index is 0.00422. The molecule has 0 aromatic carbocycles. The van der Waals surface area contributed by atoms with Gasteiger partial charge in [-0.1, -0.05) is 11.8 Å². The molecule has 0 spiro atoms. The predicted octanol–water partition coefficient (Wildman–Crippen LogP) is 2.06. The van der Waals surface area contributed by atoms with E-state index in [0.29, 0.717) is 5.16 Å². The second kappa shape index (κ2) is 5.22. The summed E-state index contributed by atoms with van der Waals surface area (Å²) in [5.41, 5.74) is 2.79. The van der Waals surface area contributed by atoms with E-state index in [4.69, 9.17) is 5.11 Å². The van der Waals surface area contributed by atoms with E-state index in [0.717, 1.165) is 17.1 Å². The van der Waals surface area contributed by atoms with Crippen molar-refractivity contribution < 1.29 is 9.90 Å². The molecular formula is C12H13N3O2S. The Bertz CT molecular complexity index is 563. The summed E-state index contributed by atoms with van der Waals surface area (Å²) in [4.78, 5) is 19.1. The maximum absolute atomic E-state index is 10.6. The third kappa shape index (κ3) is 2.70. The Morgan fingerprint density at radius 3 is 2.72 bits per heavy atom. The van der Waals surface area contributed by atoms with E-state index in [-0.39, 0.29) is 5.75 Å². The van der Waals surface area contributed by atoms with Gasteiger partial charge in [-0.25, -0.2) is 4.98 Å². The molecule has 0 amide bonds. The van der Waals surface area contributed by atoms with E-state index >= 15 is 0 Å². The van der Waals surface area contributed by atoms with Gasteiger partial charge < -0.3 is 5.11 Å². The fourth-order valence-electron chi connectivity index (χ4n) is 1.55. The molecule has 0 atom stereocenters. The lowest BCUT2D eigenvalue weighted by atomic mass is 10.3. The van der Waals surface area contributed by atoms with E-state index < -0.39 is 5.97 Å². The first-order valence-corrected chi connectivity index (χ1v) is 6.38. The van der Waals surface area contributed by atoms with Crippen LogP contribution in [0.15, 0.2) is 29.7 Å². The zero-order chi connectivity index (χ0) is 13.1. The molecule has 2 aromatic heterocycles. The van der Waals surface area contributed by atoms with Crippen LogP contribution in [-0.4, -0.2) is 31.4 Å². The van der Waals surface area contributed by atoms with Crippen molar-refractivity contribution in [1.82, 2.24) is 14.5 Å². The summed E-state index contributed by atoms with van der Waals surface area (Å²) < 4.78 is 1.90. The van der Waals surface area contributed by atoms with Crippen LogP contribution in [0.25, 0.3) is 5.69 Å². The molecule has 0 fully saturated rings. The summed E-state index contributed by atoms with van der Waals surface area (Å²) in [7, 11) is 0. The first-order chi connectivity index (χ1) is 8.58. The van der Waals surface area contributed by atoms with Crippen LogP contribution in [-0.2, 0) is 4.79 Å². The number of aliphatic carboxylic acids is 1. The van der Waals surface area contributed by atoms with Gasteiger partial charge in [0, 0.05) is 17.6 Å². The fraction of sp³-hybridized carbons (Fsp3) is 0.250. The summed E-state index contributed by atoms with van der Waals surface area (Å²) in [6.45, 7) is 3.85. The third-order valence-electron chi connectivity index (χ3n) is 2.38. The van der Waals surface area contributed by atoms with E-state index in [2.05, 4.69) is 9.97 Å². The number of carboxylic acid groups (broad SMARTS) is 1. The second-order valence-electron chi connectivity index (χ2n) is 3.86. The van der Waals surface area contributed by atoms with Gasteiger partial charge in [0.1, 0.15) is 0 Å². The van der Waals surface area contributed by atoms with E-state index in [9.17, 15) is 4.79 Å². The van der Waals surface area contributed by atoms with Gasteiger partial charge >= 0.3 is 5.97 Å². The molecule has 2 aromatic rings. The van der Waals surface area contributed by atoms with Crippen molar-refractivity contribution in [2.75, 3.05) is 5.75 Å². The van der Waals surface area contributed by atoms with Crippen LogP contribution in [0.2, 0.25) is 0 Å². The maximum atomic E-state index is 10.6. The largest absolute Gasteiger partial charge is 0.481 e. The Labute approximate surface area is 109 Å². The number of pyridine rings is 1. The molecule has 2 heterocycles. The zero-order valence-electron chi connectivity index (χ0n) is 10.1. The highest BCUT2D eigenvalue weighted by Gasteiger charge is 2.11. The van der Waals surface area contributed by atoms with Gasteiger partial charge in [0.2, 0.25) is 0 Å². The van der Waals surface area contributed by atoms with Crippen LogP contribution >= 0.6 is 11.8 Å². The average Bonchev–Trinajstić information content (AvgIpc) is 2.69. The van der Waals surface area contributed by atoms with Crippen molar-refractivity contribution in [3.8, 4) is 5.69 Å². The Kier molecular flexibility index (Phi) is 3.66. The first-order valence-electron chi connectivity index (χ1n) is 5.40. The molecule has 0 aliphatic heterocycles. The third-order valence-corrected chi connectivity index (χ3v) is 3.32. The SMILES string of the molecule is Cc1ccc(-n2c(C)cnc2SCC(=O)O)cn1. The summed E-state index contributed by atoms with van der Waals surface area (Å²) in [5.74, 6) is -0.857. The molecule has 0 aliphatic rings. The molecule has 0 saturated heterocycles. The molecule has 0 aliphatic carbocycles. The van der Waals surface area contributed by atoms with E-state index in [1.54, 1.807) is 12.4 Å². The summed E-state index contributed by atoms with van der Waals surface area (Å²) >= 11 is 1.20. The number of hydrogen-bond acceptors (Lipinski definition) is 4. The first kappa shape index (κ1) is 12.6. The lowest BCUT2D eigenvalue weighted by molar-refractivity contribution is -0.133. The monoisotopic (exact) mass is 263 g/mol. The molecule has 94 valence electrons. The molecule has 2 rings (SSSR count). The minimum atomic E-state index is -0.853. The summed E-state index contributed by atoms with van der Waals surface area (Å²) in [5, 5.41) is 9.38. The zero-order valence-corrected chi connectivity index (χ0v) is 10.9. The molecule has 5 nitrogen and oxygen atoms in total. The van der Waals surface area contributed by atoms with Crippen molar-refractivity contribution in [3.63, 3.8) is 0 Å². The maximum Gasteiger partial charge on any atom is 0.313 e. The van der Waals surface area contributed by atoms with Crippen LogP contribution in [0.3, 0.4) is 0 Å². The van der Waals surface area contributed by atoms with Crippen molar-refractivity contribution in [3.05, 3.63) is 35.9 Å². The number of hydrogen-bond donors (Lipinski definition) is 1. The molecule has 1 N–H and O–H groups in total. The summed E-state index contributed by atoms with van der Waals surface area (Å²) in [6, 6.07) is 3.86. The second-order valence-corrected chi connectivity index (χ2v) is 4.80. The van der Waals surface area contributed by atoms with Gasteiger partial charge in [-0.2, -0.15) is 0 Å². The number of carbonyl (C=O) groups is 1. The quantitative estimate of drug-likeness (QED) is 0.855. The number of thioether (sulfide) groups is 1. The molecule has 0 unspecified atom stereocenters. The normalized spacial score (nSPS) is 10.6. The predicted molar refractivity (Wildman–Crippen MR) is 69.2 cm³/mol. The minimum Gasteiger partial charge on any atom is -0.481 e. The van der Waals surface area contributed by atoms with Crippen LogP contribution in [0, 0.1) is 13.8 Å². The lowest BCUT2D eigenvalue weighted by Gasteiger charge is -2.08. The van der Waals surface area contributed by atoms with Crippen LogP contribution < -0.4 is 0 Å². The number of imidazole rings is 1. The number of carboxylic acids is 1. The average molecular weight is 263 g/mol. The van der Waals surface area contributed by atoms with Crippen LogP contribution in [0.5, 0.6) is 0 Å². The molecule has 18 heavy (non-hydrogen) atoms.